The summed E-state index contributed by atoms with van der Waals surface area (Å²) in [5.74, 6) is -0.413. The van der Waals surface area contributed by atoms with Crippen molar-refractivity contribution < 1.29 is 4.39 Å². The summed E-state index contributed by atoms with van der Waals surface area (Å²) in [6, 6.07) is 14.1. The highest BCUT2D eigenvalue weighted by molar-refractivity contribution is 7.12. The van der Waals surface area contributed by atoms with Crippen LogP contribution < -0.4 is 5.69 Å². The Morgan fingerprint density at radius 2 is 1.94 bits per heavy atom. The molecule has 0 aliphatic heterocycles. The lowest BCUT2D eigenvalue weighted by Crippen LogP contribution is -2.24. The van der Waals surface area contributed by atoms with Crippen LogP contribution in [0.25, 0.3) is 27.1 Å². The third-order valence-corrected chi connectivity index (χ3v) is 6.43. The predicted octanol–water partition coefficient (Wildman–Crippen LogP) is 5.35. The number of aromatic nitrogens is 4. The minimum absolute atomic E-state index is 0.246. The zero-order valence-corrected chi connectivity index (χ0v) is 18.4. The van der Waals surface area contributed by atoms with Crippen molar-refractivity contribution in [1.29, 1.82) is 5.26 Å². The van der Waals surface area contributed by atoms with E-state index in [2.05, 4.69) is 15.6 Å². The number of rotatable bonds is 6. The summed E-state index contributed by atoms with van der Waals surface area (Å²) in [7, 11) is 0. The van der Waals surface area contributed by atoms with Crippen molar-refractivity contribution in [3.63, 3.8) is 0 Å². The van der Waals surface area contributed by atoms with E-state index in [9.17, 15) is 9.18 Å². The van der Waals surface area contributed by atoms with E-state index in [1.54, 1.807) is 22.2 Å². The van der Waals surface area contributed by atoms with Gasteiger partial charge < -0.3 is 4.57 Å². The van der Waals surface area contributed by atoms with Crippen LogP contribution in [0.5, 0.6) is 0 Å². The minimum Gasteiger partial charge on any atom is -0.343 e. The van der Waals surface area contributed by atoms with Gasteiger partial charge in [-0.3, -0.25) is 4.57 Å². The van der Waals surface area contributed by atoms with Crippen LogP contribution in [0.3, 0.4) is 0 Å². The average Bonchev–Trinajstić information content (AvgIpc) is 3.47. The number of hydrogen-bond donors (Lipinski definition) is 0. The van der Waals surface area contributed by atoms with Crippen LogP contribution in [0.2, 0.25) is 5.02 Å². The molecule has 5 aromatic rings. The van der Waals surface area contributed by atoms with Crippen LogP contribution >= 0.6 is 22.9 Å². The fourth-order valence-corrected chi connectivity index (χ4v) is 4.89. The molecule has 0 unspecified atom stereocenters. The van der Waals surface area contributed by atoms with E-state index in [1.807, 2.05) is 24.3 Å². The summed E-state index contributed by atoms with van der Waals surface area (Å²) in [5, 5.41) is 12.9. The topological polar surface area (TPSA) is 68.5 Å². The molecule has 0 radical (unpaired) electrons. The lowest BCUT2D eigenvalue weighted by atomic mass is 10.2. The molecule has 32 heavy (non-hydrogen) atoms. The highest BCUT2D eigenvalue weighted by Gasteiger charge is 2.19. The third-order valence-electron chi connectivity index (χ3n) is 5.44. The van der Waals surface area contributed by atoms with Crippen LogP contribution in [0.1, 0.15) is 18.5 Å². The second kappa shape index (κ2) is 8.26. The van der Waals surface area contributed by atoms with E-state index in [0.29, 0.717) is 40.6 Å². The van der Waals surface area contributed by atoms with Gasteiger partial charge in [0.05, 0.1) is 23.6 Å². The Morgan fingerprint density at radius 3 is 2.72 bits per heavy atom. The molecular formula is C23H17ClFN5OS. The number of fused-ring (bicyclic) bond motifs is 2. The van der Waals surface area contributed by atoms with Crippen molar-refractivity contribution >= 4 is 44.9 Å². The van der Waals surface area contributed by atoms with Gasteiger partial charge in [-0.05, 0) is 48.9 Å². The standard InChI is InChI=1S/C23H17ClFN5OS/c24-16-3-5-19-15(11-16)12-18(28(19)9-2-1-7-26)14-29-21-13-17(25)4-6-20(21)30(23(29)31)22-27-8-10-32-22/h3-6,8,10-13H,1-2,9,14H2. The fourth-order valence-electron chi connectivity index (χ4n) is 4.06. The smallest absolute Gasteiger partial charge is 0.335 e. The van der Waals surface area contributed by atoms with Gasteiger partial charge in [0.1, 0.15) is 5.82 Å². The van der Waals surface area contributed by atoms with Crippen molar-refractivity contribution in [3.8, 4) is 11.2 Å². The molecule has 0 fully saturated rings. The molecule has 0 atom stereocenters. The van der Waals surface area contributed by atoms with Crippen molar-refractivity contribution in [2.24, 2.45) is 0 Å². The summed E-state index contributed by atoms with van der Waals surface area (Å²) < 4.78 is 19.3. The van der Waals surface area contributed by atoms with Crippen molar-refractivity contribution in [2.75, 3.05) is 0 Å². The summed E-state index contributed by atoms with van der Waals surface area (Å²) in [6.45, 7) is 0.873. The van der Waals surface area contributed by atoms with Crippen molar-refractivity contribution in [2.45, 2.75) is 25.9 Å². The molecule has 9 heteroatoms. The Labute approximate surface area is 191 Å². The molecule has 0 aliphatic rings. The van der Waals surface area contributed by atoms with Crippen LogP contribution in [-0.2, 0) is 13.1 Å². The Morgan fingerprint density at radius 1 is 1.09 bits per heavy atom. The van der Waals surface area contributed by atoms with Gasteiger partial charge in [0.15, 0.2) is 5.13 Å². The van der Waals surface area contributed by atoms with E-state index in [0.717, 1.165) is 16.6 Å². The molecule has 3 aromatic heterocycles. The zero-order chi connectivity index (χ0) is 22.2. The fraction of sp³-hybridized carbons (Fsp3) is 0.174. The second-order valence-electron chi connectivity index (χ2n) is 7.40. The van der Waals surface area contributed by atoms with E-state index in [4.69, 9.17) is 16.9 Å². The van der Waals surface area contributed by atoms with Crippen molar-refractivity contribution in [3.05, 3.63) is 81.1 Å². The maximum absolute atomic E-state index is 14.1. The average molecular weight is 466 g/mol. The van der Waals surface area contributed by atoms with E-state index < -0.39 is 5.82 Å². The number of unbranched alkanes of at least 4 members (excludes halogenated alkanes) is 1. The molecule has 0 N–H and O–H groups in total. The van der Waals surface area contributed by atoms with Crippen LogP contribution in [0.15, 0.2) is 58.8 Å². The van der Waals surface area contributed by atoms with E-state index in [1.165, 1.54) is 28.0 Å². The number of hydrogen-bond acceptors (Lipinski definition) is 4. The third kappa shape index (κ3) is 3.49. The molecule has 0 amide bonds. The summed E-state index contributed by atoms with van der Waals surface area (Å²) in [4.78, 5) is 17.7. The molecule has 6 nitrogen and oxygen atoms in total. The lowest BCUT2D eigenvalue weighted by Gasteiger charge is -2.11. The molecule has 160 valence electrons. The summed E-state index contributed by atoms with van der Waals surface area (Å²) >= 11 is 7.54. The zero-order valence-electron chi connectivity index (χ0n) is 16.8. The maximum atomic E-state index is 14.1. The highest BCUT2D eigenvalue weighted by Crippen LogP contribution is 2.26. The Kier molecular flexibility index (Phi) is 5.29. The molecule has 2 aromatic carbocycles. The number of benzene rings is 2. The first kappa shape index (κ1) is 20.5. The summed E-state index contributed by atoms with van der Waals surface area (Å²) in [6.07, 6.45) is 2.75. The number of aryl methyl sites for hydroxylation is 1. The molecule has 0 aliphatic carbocycles. The van der Waals surface area contributed by atoms with Crippen LogP contribution in [0.4, 0.5) is 4.39 Å². The SMILES string of the molecule is N#CCCCn1c(Cn2c(=O)n(-c3nccs3)c3ccc(F)cc32)cc2cc(Cl)ccc21. The van der Waals surface area contributed by atoms with Gasteiger partial charge in [-0.2, -0.15) is 5.26 Å². The number of nitrogens with zero attached hydrogens (tertiary/aromatic N) is 5. The summed E-state index contributed by atoms with van der Waals surface area (Å²) in [5.41, 5.74) is 2.67. The number of imidazole rings is 1. The monoisotopic (exact) mass is 465 g/mol. The molecule has 5 rings (SSSR count). The number of halogens is 2. The first-order valence-electron chi connectivity index (χ1n) is 10.0. The Hall–Kier alpha value is -3.41. The first-order valence-corrected chi connectivity index (χ1v) is 11.3. The minimum atomic E-state index is -0.413. The van der Waals surface area contributed by atoms with Crippen LogP contribution in [0, 0.1) is 17.1 Å². The van der Waals surface area contributed by atoms with Gasteiger partial charge in [0.2, 0.25) is 0 Å². The van der Waals surface area contributed by atoms with Crippen LogP contribution in [-0.4, -0.2) is 18.7 Å². The maximum Gasteiger partial charge on any atom is 0.335 e. The Bertz CT molecular complexity index is 1540. The van der Waals surface area contributed by atoms with E-state index >= 15 is 0 Å². The molecule has 3 heterocycles. The molecule has 0 saturated heterocycles. The quantitative estimate of drug-likeness (QED) is 0.317. The van der Waals surface area contributed by atoms with Gasteiger partial charge in [-0.25, -0.2) is 18.7 Å². The van der Waals surface area contributed by atoms with Crippen molar-refractivity contribution in [1.82, 2.24) is 18.7 Å². The normalized spacial score (nSPS) is 11.4. The molecule has 0 saturated carbocycles. The second-order valence-corrected chi connectivity index (χ2v) is 8.71. The number of thiazole rings is 1. The van der Waals surface area contributed by atoms with Gasteiger partial charge in [-0.1, -0.05) is 11.6 Å². The Balaban J connectivity index is 1.69. The highest BCUT2D eigenvalue weighted by atomic mass is 35.5. The predicted molar refractivity (Wildman–Crippen MR) is 124 cm³/mol. The first-order chi connectivity index (χ1) is 15.6. The number of nitriles is 1. The largest absolute Gasteiger partial charge is 0.343 e. The van der Waals surface area contributed by atoms with Gasteiger partial charge in [-0.15, -0.1) is 11.3 Å². The van der Waals surface area contributed by atoms with E-state index in [-0.39, 0.29) is 12.2 Å². The van der Waals surface area contributed by atoms with Gasteiger partial charge >= 0.3 is 5.69 Å². The van der Waals surface area contributed by atoms with Gasteiger partial charge in [0.25, 0.3) is 0 Å². The molecular weight excluding hydrogens is 449 g/mol. The lowest BCUT2D eigenvalue weighted by molar-refractivity contribution is 0.617. The molecule has 0 bridgehead atoms. The molecule has 0 spiro atoms. The van der Waals surface area contributed by atoms with Gasteiger partial charge in [0, 0.05) is 46.2 Å².